The van der Waals surface area contributed by atoms with E-state index in [0.717, 1.165) is 0 Å². The lowest BCUT2D eigenvalue weighted by Gasteiger charge is -2.35. The first-order valence-corrected chi connectivity index (χ1v) is 8.14. The Morgan fingerprint density at radius 1 is 1.19 bits per heavy atom. The van der Waals surface area contributed by atoms with Crippen molar-refractivity contribution < 1.29 is 19.5 Å². The van der Waals surface area contributed by atoms with Gasteiger partial charge in [-0.15, -0.1) is 11.8 Å². The molecule has 0 aromatic rings. The molecule has 8 heteroatoms. The number of hydrogen-bond acceptors (Lipinski definition) is 4. The van der Waals surface area contributed by atoms with Gasteiger partial charge in [0.05, 0.1) is 5.88 Å². The highest BCUT2D eigenvalue weighted by atomic mass is 32.2. The molecule has 0 aromatic heterocycles. The number of urea groups is 1. The molecule has 2 aliphatic heterocycles. The van der Waals surface area contributed by atoms with Gasteiger partial charge < -0.3 is 19.8 Å². The predicted molar refractivity (Wildman–Crippen MR) is 79.0 cm³/mol. The van der Waals surface area contributed by atoms with Crippen LogP contribution in [0.3, 0.4) is 0 Å². The Kier molecular flexibility index (Phi) is 4.97. The van der Waals surface area contributed by atoms with Crippen molar-refractivity contribution in [2.45, 2.75) is 18.9 Å². The number of rotatable bonds is 2. The second kappa shape index (κ2) is 6.55. The smallest absolute Gasteiger partial charge is 0.327 e. The molecule has 118 valence electrons. The molecule has 0 bridgehead atoms. The molecular weight excluding hydrogens is 294 g/mol. The van der Waals surface area contributed by atoms with Crippen molar-refractivity contribution in [2.24, 2.45) is 5.92 Å². The second-order valence-corrected chi connectivity index (χ2v) is 6.60. The van der Waals surface area contributed by atoms with Crippen LogP contribution in [0.1, 0.15) is 12.8 Å². The quantitative estimate of drug-likeness (QED) is 0.796. The molecule has 21 heavy (non-hydrogen) atoms. The van der Waals surface area contributed by atoms with Gasteiger partial charge in [0.25, 0.3) is 0 Å². The van der Waals surface area contributed by atoms with Crippen LogP contribution in [0.5, 0.6) is 0 Å². The minimum atomic E-state index is -0.937. The second-order valence-electron chi connectivity index (χ2n) is 5.60. The molecule has 0 spiro atoms. The third kappa shape index (κ3) is 3.42. The minimum absolute atomic E-state index is 0.0407. The highest BCUT2D eigenvalue weighted by Crippen LogP contribution is 2.27. The van der Waals surface area contributed by atoms with E-state index in [1.807, 2.05) is 0 Å². The molecule has 1 N–H and O–H groups in total. The standard InChI is InChI=1S/C13H21N3O4S/c1-14(2)13(20)15-5-3-9(4-6-15)11(17)16-8-21-7-10(16)12(18)19/h9-10H,3-8H2,1-2H3,(H,18,19)/t10-/m0/s1. The van der Waals surface area contributed by atoms with Gasteiger partial charge in [-0.1, -0.05) is 0 Å². The van der Waals surface area contributed by atoms with Crippen LogP contribution in [-0.4, -0.2) is 82.6 Å². The van der Waals surface area contributed by atoms with E-state index in [1.165, 1.54) is 21.6 Å². The van der Waals surface area contributed by atoms with Gasteiger partial charge in [-0.3, -0.25) is 4.79 Å². The number of aliphatic carboxylic acids is 1. The van der Waals surface area contributed by atoms with Gasteiger partial charge in [0.1, 0.15) is 6.04 Å². The summed E-state index contributed by atoms with van der Waals surface area (Å²) in [4.78, 5) is 40.2. The number of likely N-dealkylation sites (tertiary alicyclic amines) is 1. The molecule has 0 unspecified atom stereocenters. The molecule has 2 heterocycles. The van der Waals surface area contributed by atoms with Gasteiger partial charge in [-0.25, -0.2) is 9.59 Å². The molecule has 0 saturated carbocycles. The van der Waals surface area contributed by atoms with Gasteiger partial charge in [0.15, 0.2) is 0 Å². The maximum atomic E-state index is 12.5. The molecule has 2 aliphatic rings. The zero-order chi connectivity index (χ0) is 15.6. The number of hydrogen-bond donors (Lipinski definition) is 1. The molecule has 2 rings (SSSR count). The number of carboxylic acid groups (broad SMARTS) is 1. The molecule has 2 saturated heterocycles. The van der Waals surface area contributed by atoms with Crippen LogP contribution in [0.2, 0.25) is 0 Å². The molecule has 2 fully saturated rings. The van der Waals surface area contributed by atoms with Crippen LogP contribution in [0.15, 0.2) is 0 Å². The van der Waals surface area contributed by atoms with Gasteiger partial charge >= 0.3 is 12.0 Å². The van der Waals surface area contributed by atoms with Gasteiger partial charge in [-0.05, 0) is 12.8 Å². The average Bonchev–Trinajstić information content (AvgIpc) is 2.95. The normalized spacial score (nSPS) is 23.2. The minimum Gasteiger partial charge on any atom is -0.480 e. The van der Waals surface area contributed by atoms with Crippen LogP contribution in [0.4, 0.5) is 4.79 Å². The number of amides is 3. The first-order valence-electron chi connectivity index (χ1n) is 6.99. The number of carbonyl (C=O) groups excluding carboxylic acids is 2. The molecular formula is C13H21N3O4S. The lowest BCUT2D eigenvalue weighted by molar-refractivity contribution is -0.150. The largest absolute Gasteiger partial charge is 0.480 e. The van der Waals surface area contributed by atoms with Gasteiger partial charge in [0, 0.05) is 38.9 Å². The first kappa shape index (κ1) is 15.9. The van der Waals surface area contributed by atoms with Crippen molar-refractivity contribution in [3.05, 3.63) is 0 Å². The summed E-state index contributed by atoms with van der Waals surface area (Å²) in [5.41, 5.74) is 0. The summed E-state index contributed by atoms with van der Waals surface area (Å²) in [6.45, 7) is 1.10. The average molecular weight is 315 g/mol. The molecule has 0 aromatic carbocycles. The number of carboxylic acids is 1. The van der Waals surface area contributed by atoms with Gasteiger partial charge in [0.2, 0.25) is 5.91 Å². The Labute approximate surface area is 128 Å². The van der Waals surface area contributed by atoms with Crippen LogP contribution < -0.4 is 0 Å². The third-order valence-corrected chi connectivity index (χ3v) is 4.96. The molecule has 7 nitrogen and oxygen atoms in total. The highest BCUT2D eigenvalue weighted by molar-refractivity contribution is 7.99. The van der Waals surface area contributed by atoms with E-state index < -0.39 is 12.0 Å². The zero-order valence-corrected chi connectivity index (χ0v) is 13.1. The number of piperidine rings is 1. The Morgan fingerprint density at radius 2 is 1.81 bits per heavy atom. The molecule has 0 radical (unpaired) electrons. The summed E-state index contributed by atoms with van der Waals surface area (Å²) >= 11 is 1.47. The fourth-order valence-corrected chi connectivity index (χ4v) is 3.85. The van der Waals surface area contributed by atoms with E-state index in [4.69, 9.17) is 5.11 Å². The number of carbonyl (C=O) groups is 3. The van der Waals surface area contributed by atoms with Crippen LogP contribution in [0, 0.1) is 5.92 Å². The summed E-state index contributed by atoms with van der Waals surface area (Å²) in [7, 11) is 3.41. The summed E-state index contributed by atoms with van der Waals surface area (Å²) in [5, 5.41) is 9.14. The lowest BCUT2D eigenvalue weighted by atomic mass is 9.95. The monoisotopic (exact) mass is 315 g/mol. The van der Waals surface area contributed by atoms with Crippen LogP contribution >= 0.6 is 11.8 Å². The summed E-state index contributed by atoms with van der Waals surface area (Å²) < 4.78 is 0. The SMILES string of the molecule is CN(C)C(=O)N1CCC(C(=O)N2CSC[C@H]2C(=O)O)CC1. The summed E-state index contributed by atoms with van der Waals surface area (Å²) in [6.07, 6.45) is 1.21. The Bertz CT molecular complexity index is 435. The van der Waals surface area contributed by atoms with Crippen molar-refractivity contribution in [3.8, 4) is 0 Å². The van der Waals surface area contributed by atoms with Crippen molar-refractivity contribution in [1.82, 2.24) is 14.7 Å². The fraction of sp³-hybridized carbons (Fsp3) is 0.769. The first-order chi connectivity index (χ1) is 9.91. The van der Waals surface area contributed by atoms with Crippen LogP contribution in [-0.2, 0) is 9.59 Å². The van der Waals surface area contributed by atoms with E-state index in [-0.39, 0.29) is 17.9 Å². The Hall–Kier alpha value is -1.44. The number of nitrogens with zero attached hydrogens (tertiary/aromatic N) is 3. The van der Waals surface area contributed by atoms with E-state index in [1.54, 1.807) is 19.0 Å². The van der Waals surface area contributed by atoms with Crippen molar-refractivity contribution in [3.63, 3.8) is 0 Å². The fourth-order valence-electron chi connectivity index (χ4n) is 2.70. The summed E-state index contributed by atoms with van der Waals surface area (Å²) in [5.74, 6) is -0.277. The van der Waals surface area contributed by atoms with Crippen molar-refractivity contribution >= 4 is 29.7 Å². The zero-order valence-electron chi connectivity index (χ0n) is 12.3. The maximum absolute atomic E-state index is 12.5. The van der Waals surface area contributed by atoms with E-state index >= 15 is 0 Å². The van der Waals surface area contributed by atoms with E-state index in [9.17, 15) is 14.4 Å². The van der Waals surface area contributed by atoms with Crippen LogP contribution in [0.25, 0.3) is 0 Å². The van der Waals surface area contributed by atoms with E-state index in [0.29, 0.717) is 37.6 Å². The van der Waals surface area contributed by atoms with Crippen molar-refractivity contribution in [2.75, 3.05) is 38.8 Å². The molecule has 3 amide bonds. The molecule has 0 aliphatic carbocycles. The Morgan fingerprint density at radius 3 is 2.33 bits per heavy atom. The third-order valence-electron chi connectivity index (χ3n) is 3.95. The number of thioether (sulfide) groups is 1. The van der Waals surface area contributed by atoms with Crippen molar-refractivity contribution in [1.29, 1.82) is 0 Å². The van der Waals surface area contributed by atoms with Gasteiger partial charge in [-0.2, -0.15) is 0 Å². The topological polar surface area (TPSA) is 81.2 Å². The lowest BCUT2D eigenvalue weighted by Crippen LogP contribution is -2.49. The molecule has 1 atom stereocenters. The maximum Gasteiger partial charge on any atom is 0.327 e. The Balaban J connectivity index is 1.91. The predicted octanol–water partition coefficient (Wildman–Crippen LogP) is 0.366. The van der Waals surface area contributed by atoms with E-state index in [2.05, 4.69) is 0 Å². The summed E-state index contributed by atoms with van der Waals surface area (Å²) in [6, 6.07) is -0.745. The highest BCUT2D eigenvalue weighted by Gasteiger charge is 2.38.